The van der Waals surface area contributed by atoms with Crippen molar-refractivity contribution in [3.63, 3.8) is 0 Å². The fraction of sp³-hybridized carbons (Fsp3) is 0.571. The molecule has 0 bridgehead atoms. The van der Waals surface area contributed by atoms with E-state index in [1.807, 2.05) is 0 Å². The molecule has 0 saturated heterocycles. The number of nitrogens with one attached hydrogen (secondary N) is 1. The molecule has 0 aliphatic carbocycles. The van der Waals surface area contributed by atoms with Gasteiger partial charge in [0.25, 0.3) is 0 Å². The molecule has 2 nitrogen and oxygen atoms in total. The molecule has 1 N–H and O–H groups in total. The summed E-state index contributed by atoms with van der Waals surface area (Å²) in [5, 5.41) is 3.58. The van der Waals surface area contributed by atoms with Crippen LogP contribution in [0.1, 0.15) is 25.3 Å². The van der Waals surface area contributed by atoms with Gasteiger partial charge < -0.3 is 10.1 Å². The molecule has 1 aromatic carbocycles. The molecule has 0 saturated carbocycles. The number of hydrogen-bond acceptors (Lipinski definition) is 2. The van der Waals surface area contributed by atoms with Crippen molar-refractivity contribution < 1.29 is 4.74 Å². The van der Waals surface area contributed by atoms with Gasteiger partial charge in [0.05, 0.1) is 0 Å². The Balaban J connectivity index is 2.51. The average Bonchev–Trinajstić information content (AvgIpc) is 2.32. The zero-order valence-electron chi connectivity index (χ0n) is 10.7. The van der Waals surface area contributed by atoms with Crippen molar-refractivity contribution in [2.24, 2.45) is 0 Å². The first-order chi connectivity index (χ1) is 8.26. The maximum atomic E-state index is 5.16. The number of methoxy groups -OCH3 is 1. The molecule has 17 heavy (non-hydrogen) atoms. The summed E-state index contributed by atoms with van der Waals surface area (Å²) in [5.41, 5.74) is 1.36. The van der Waals surface area contributed by atoms with Crippen molar-refractivity contribution in [1.82, 2.24) is 5.32 Å². The molecule has 0 heterocycles. The molecule has 0 aliphatic rings. The van der Waals surface area contributed by atoms with E-state index in [2.05, 4.69) is 52.4 Å². The lowest BCUT2D eigenvalue weighted by molar-refractivity contribution is 0.182. The molecule has 0 spiro atoms. The summed E-state index contributed by atoms with van der Waals surface area (Å²) in [7, 11) is 1.76. The second-order valence-corrected chi connectivity index (χ2v) is 5.18. The van der Waals surface area contributed by atoms with Crippen LogP contribution in [-0.4, -0.2) is 26.3 Å². The Labute approximate surface area is 113 Å². The maximum Gasteiger partial charge on any atom is 0.0477 e. The smallest absolute Gasteiger partial charge is 0.0477 e. The lowest BCUT2D eigenvalue weighted by atomic mass is 10.0. The summed E-state index contributed by atoms with van der Waals surface area (Å²) in [6, 6.07) is 9.02. The van der Waals surface area contributed by atoms with Crippen LogP contribution in [0.25, 0.3) is 0 Å². The van der Waals surface area contributed by atoms with Gasteiger partial charge in [-0.25, -0.2) is 0 Å². The van der Waals surface area contributed by atoms with Gasteiger partial charge in [0, 0.05) is 24.2 Å². The number of hydrogen-bond donors (Lipinski definition) is 1. The van der Waals surface area contributed by atoms with Crippen molar-refractivity contribution in [2.75, 3.05) is 20.3 Å². The van der Waals surface area contributed by atoms with E-state index < -0.39 is 0 Å². The predicted octanol–water partition coefficient (Wildman–Crippen LogP) is 3.40. The monoisotopic (exact) mass is 299 g/mol. The highest BCUT2D eigenvalue weighted by Gasteiger charge is 2.08. The fourth-order valence-corrected chi connectivity index (χ4v) is 2.28. The van der Waals surface area contributed by atoms with Gasteiger partial charge in [-0.2, -0.15) is 0 Å². The minimum absolute atomic E-state index is 0.504. The Hall–Kier alpha value is -0.380. The van der Waals surface area contributed by atoms with Crippen LogP contribution in [0.3, 0.4) is 0 Å². The van der Waals surface area contributed by atoms with Crippen LogP contribution in [0, 0.1) is 0 Å². The van der Waals surface area contributed by atoms with Crippen molar-refractivity contribution in [1.29, 1.82) is 0 Å². The highest BCUT2D eigenvalue weighted by atomic mass is 79.9. The quantitative estimate of drug-likeness (QED) is 0.794. The molecule has 0 aliphatic heterocycles. The van der Waals surface area contributed by atoms with Crippen LogP contribution in [-0.2, 0) is 11.2 Å². The van der Waals surface area contributed by atoms with Crippen LogP contribution in [0.4, 0.5) is 0 Å². The van der Waals surface area contributed by atoms with E-state index in [4.69, 9.17) is 4.74 Å². The van der Waals surface area contributed by atoms with Gasteiger partial charge in [-0.3, -0.25) is 0 Å². The zero-order valence-corrected chi connectivity index (χ0v) is 12.3. The van der Waals surface area contributed by atoms with E-state index in [0.29, 0.717) is 6.04 Å². The van der Waals surface area contributed by atoms with Crippen molar-refractivity contribution in [2.45, 2.75) is 32.2 Å². The van der Waals surface area contributed by atoms with E-state index >= 15 is 0 Å². The summed E-state index contributed by atoms with van der Waals surface area (Å²) in [6.45, 7) is 4.08. The SMILES string of the molecule is CCCNC(CCOC)Cc1cccc(Br)c1. The Bertz CT molecular complexity index is 309. The molecular formula is C14H22BrNO. The number of ether oxygens (including phenoxy) is 1. The largest absolute Gasteiger partial charge is 0.385 e. The van der Waals surface area contributed by atoms with E-state index in [1.54, 1.807) is 7.11 Å². The van der Waals surface area contributed by atoms with E-state index in [0.717, 1.165) is 30.5 Å². The maximum absolute atomic E-state index is 5.16. The molecule has 96 valence electrons. The van der Waals surface area contributed by atoms with Crippen LogP contribution in [0.2, 0.25) is 0 Å². The third-order valence-electron chi connectivity index (χ3n) is 2.72. The topological polar surface area (TPSA) is 21.3 Å². The minimum atomic E-state index is 0.504. The molecule has 0 radical (unpaired) electrons. The predicted molar refractivity (Wildman–Crippen MR) is 76.4 cm³/mol. The summed E-state index contributed by atoms with van der Waals surface area (Å²) < 4.78 is 6.31. The lowest BCUT2D eigenvalue weighted by Crippen LogP contribution is -2.32. The normalized spacial score (nSPS) is 12.6. The molecule has 3 heteroatoms. The van der Waals surface area contributed by atoms with Crippen molar-refractivity contribution in [3.05, 3.63) is 34.3 Å². The van der Waals surface area contributed by atoms with Gasteiger partial charge in [-0.15, -0.1) is 0 Å². The van der Waals surface area contributed by atoms with Crippen molar-refractivity contribution in [3.8, 4) is 0 Å². The second-order valence-electron chi connectivity index (χ2n) is 4.27. The van der Waals surface area contributed by atoms with Gasteiger partial charge in [-0.05, 0) is 43.5 Å². The van der Waals surface area contributed by atoms with E-state index in [-0.39, 0.29) is 0 Å². The number of benzene rings is 1. The van der Waals surface area contributed by atoms with Gasteiger partial charge in [-0.1, -0.05) is 35.0 Å². The van der Waals surface area contributed by atoms with E-state index in [9.17, 15) is 0 Å². The average molecular weight is 300 g/mol. The molecule has 1 rings (SSSR count). The van der Waals surface area contributed by atoms with Gasteiger partial charge in [0.15, 0.2) is 0 Å². The lowest BCUT2D eigenvalue weighted by Gasteiger charge is -2.18. The molecule has 1 unspecified atom stereocenters. The van der Waals surface area contributed by atoms with Crippen LogP contribution >= 0.6 is 15.9 Å². The third kappa shape index (κ3) is 6.20. The highest BCUT2D eigenvalue weighted by Crippen LogP contribution is 2.14. The Morgan fingerprint density at radius 1 is 1.41 bits per heavy atom. The first kappa shape index (κ1) is 14.7. The Morgan fingerprint density at radius 2 is 2.24 bits per heavy atom. The van der Waals surface area contributed by atoms with Crippen LogP contribution in [0.5, 0.6) is 0 Å². The molecule has 1 atom stereocenters. The minimum Gasteiger partial charge on any atom is -0.385 e. The Morgan fingerprint density at radius 3 is 2.88 bits per heavy atom. The molecule has 0 fully saturated rings. The second kappa shape index (κ2) is 8.67. The van der Waals surface area contributed by atoms with Crippen LogP contribution < -0.4 is 5.32 Å². The number of rotatable bonds is 8. The fourth-order valence-electron chi connectivity index (χ4n) is 1.83. The molecule has 0 aromatic heterocycles. The first-order valence-electron chi connectivity index (χ1n) is 6.23. The highest BCUT2D eigenvalue weighted by molar-refractivity contribution is 9.10. The standard InChI is InChI=1S/C14H22BrNO/c1-3-8-16-14(7-9-17-2)11-12-5-4-6-13(15)10-12/h4-6,10,14,16H,3,7-9,11H2,1-2H3. The summed E-state index contributed by atoms with van der Waals surface area (Å²) >= 11 is 3.51. The molecular weight excluding hydrogens is 278 g/mol. The van der Waals surface area contributed by atoms with Crippen LogP contribution in [0.15, 0.2) is 28.7 Å². The number of halogens is 1. The molecule has 1 aromatic rings. The first-order valence-corrected chi connectivity index (χ1v) is 7.02. The Kier molecular flexibility index (Phi) is 7.49. The zero-order chi connectivity index (χ0) is 12.5. The summed E-state index contributed by atoms with van der Waals surface area (Å²) in [4.78, 5) is 0. The molecule has 0 amide bonds. The van der Waals surface area contributed by atoms with Crippen molar-refractivity contribution >= 4 is 15.9 Å². The van der Waals surface area contributed by atoms with Gasteiger partial charge in [0.2, 0.25) is 0 Å². The van der Waals surface area contributed by atoms with E-state index in [1.165, 1.54) is 12.0 Å². The summed E-state index contributed by atoms with van der Waals surface area (Å²) in [5.74, 6) is 0. The summed E-state index contributed by atoms with van der Waals surface area (Å²) in [6.07, 6.45) is 3.29. The van der Waals surface area contributed by atoms with Gasteiger partial charge in [0.1, 0.15) is 0 Å². The third-order valence-corrected chi connectivity index (χ3v) is 3.22. The van der Waals surface area contributed by atoms with Gasteiger partial charge >= 0.3 is 0 Å².